The number of nitrogens with zero attached hydrogens (tertiary/aromatic N) is 1. The minimum absolute atomic E-state index is 0.0391. The molecule has 116 valence electrons. The van der Waals surface area contributed by atoms with E-state index in [2.05, 4.69) is 24.1 Å². The molecule has 0 bridgehead atoms. The summed E-state index contributed by atoms with van der Waals surface area (Å²) in [5.41, 5.74) is -0.432. The minimum Gasteiger partial charge on any atom is -0.465 e. The van der Waals surface area contributed by atoms with Crippen LogP contribution in [0.1, 0.15) is 59.3 Å². The predicted molar refractivity (Wildman–Crippen MR) is 80.7 cm³/mol. The molecule has 1 N–H and O–H groups in total. The third-order valence-electron chi connectivity index (χ3n) is 4.72. The van der Waals surface area contributed by atoms with Crippen LogP contribution in [0, 0.1) is 0 Å². The van der Waals surface area contributed by atoms with Crippen LogP contribution < -0.4 is 5.32 Å². The van der Waals surface area contributed by atoms with Crippen molar-refractivity contribution in [3.05, 3.63) is 0 Å². The quantitative estimate of drug-likeness (QED) is 0.694. The lowest BCUT2D eigenvalue weighted by molar-refractivity contribution is -0.151. The SMILES string of the molecule is CCCNC1(C(=O)OCC)CCC(N(CC)C2CC2)C1. The van der Waals surface area contributed by atoms with Crippen molar-refractivity contribution in [2.24, 2.45) is 0 Å². The molecule has 0 saturated heterocycles. The van der Waals surface area contributed by atoms with E-state index in [0.29, 0.717) is 12.6 Å². The highest BCUT2D eigenvalue weighted by molar-refractivity contribution is 5.81. The molecule has 0 radical (unpaired) electrons. The highest BCUT2D eigenvalue weighted by Crippen LogP contribution is 2.39. The first-order chi connectivity index (χ1) is 9.66. The predicted octanol–water partition coefficient (Wildman–Crippen LogP) is 2.32. The van der Waals surface area contributed by atoms with Crippen molar-refractivity contribution >= 4 is 5.97 Å². The van der Waals surface area contributed by atoms with Crippen molar-refractivity contribution in [3.8, 4) is 0 Å². The van der Waals surface area contributed by atoms with E-state index in [0.717, 1.165) is 44.8 Å². The molecule has 2 unspecified atom stereocenters. The average molecular weight is 282 g/mol. The summed E-state index contributed by atoms with van der Waals surface area (Å²) in [6.45, 7) is 8.73. The summed E-state index contributed by atoms with van der Waals surface area (Å²) >= 11 is 0. The van der Waals surface area contributed by atoms with Gasteiger partial charge in [-0.05, 0) is 58.5 Å². The zero-order valence-corrected chi connectivity index (χ0v) is 13.3. The fourth-order valence-corrected chi connectivity index (χ4v) is 3.57. The summed E-state index contributed by atoms with van der Waals surface area (Å²) in [6.07, 6.45) is 6.65. The van der Waals surface area contributed by atoms with Gasteiger partial charge in [-0.15, -0.1) is 0 Å². The molecular formula is C16H30N2O2. The maximum Gasteiger partial charge on any atom is 0.326 e. The first kappa shape index (κ1) is 15.8. The molecule has 20 heavy (non-hydrogen) atoms. The number of nitrogens with one attached hydrogen (secondary N) is 1. The van der Waals surface area contributed by atoms with Crippen molar-refractivity contribution in [1.29, 1.82) is 0 Å². The second-order valence-electron chi connectivity index (χ2n) is 6.19. The topological polar surface area (TPSA) is 41.6 Å². The van der Waals surface area contributed by atoms with Crippen molar-refractivity contribution in [2.45, 2.75) is 76.9 Å². The van der Waals surface area contributed by atoms with Crippen LogP contribution in [-0.4, -0.2) is 48.2 Å². The van der Waals surface area contributed by atoms with Crippen LogP contribution in [-0.2, 0) is 9.53 Å². The number of ether oxygens (including phenoxy) is 1. The van der Waals surface area contributed by atoms with Gasteiger partial charge in [-0.3, -0.25) is 9.69 Å². The number of carbonyl (C=O) groups is 1. The zero-order valence-electron chi connectivity index (χ0n) is 13.3. The van der Waals surface area contributed by atoms with Crippen LogP contribution >= 0.6 is 0 Å². The lowest BCUT2D eigenvalue weighted by Gasteiger charge is -2.31. The van der Waals surface area contributed by atoms with E-state index < -0.39 is 5.54 Å². The molecule has 0 aliphatic heterocycles. The molecule has 0 amide bonds. The number of hydrogen-bond acceptors (Lipinski definition) is 4. The molecule has 2 rings (SSSR count). The molecule has 0 aromatic heterocycles. The molecular weight excluding hydrogens is 252 g/mol. The minimum atomic E-state index is -0.432. The summed E-state index contributed by atoms with van der Waals surface area (Å²) in [5, 5.41) is 3.50. The maximum absolute atomic E-state index is 12.4. The van der Waals surface area contributed by atoms with E-state index in [-0.39, 0.29) is 5.97 Å². The van der Waals surface area contributed by atoms with Gasteiger partial charge < -0.3 is 10.1 Å². The largest absolute Gasteiger partial charge is 0.465 e. The Labute approximate surface area is 123 Å². The fraction of sp³-hybridized carbons (Fsp3) is 0.938. The van der Waals surface area contributed by atoms with Gasteiger partial charge in [-0.2, -0.15) is 0 Å². The van der Waals surface area contributed by atoms with Crippen LogP contribution in [0.2, 0.25) is 0 Å². The van der Waals surface area contributed by atoms with Gasteiger partial charge >= 0.3 is 5.97 Å². The Balaban J connectivity index is 2.03. The third kappa shape index (κ3) is 3.34. The lowest BCUT2D eigenvalue weighted by atomic mass is 9.96. The van der Waals surface area contributed by atoms with Crippen molar-refractivity contribution in [3.63, 3.8) is 0 Å². The average Bonchev–Trinajstić information content (AvgIpc) is 3.18. The fourth-order valence-electron chi connectivity index (χ4n) is 3.57. The van der Waals surface area contributed by atoms with Crippen LogP contribution in [0.4, 0.5) is 0 Å². The summed E-state index contributed by atoms with van der Waals surface area (Å²) in [6, 6.07) is 1.32. The van der Waals surface area contributed by atoms with E-state index in [4.69, 9.17) is 4.74 Å². The van der Waals surface area contributed by atoms with E-state index in [1.165, 1.54) is 12.8 Å². The maximum atomic E-state index is 12.4. The first-order valence-corrected chi connectivity index (χ1v) is 8.34. The van der Waals surface area contributed by atoms with Gasteiger partial charge in [-0.25, -0.2) is 0 Å². The lowest BCUT2D eigenvalue weighted by Crippen LogP contribution is -2.52. The first-order valence-electron chi connectivity index (χ1n) is 8.34. The molecule has 2 aliphatic rings. The Bertz CT molecular complexity index is 330. The Kier molecular flexibility index (Phi) is 5.44. The van der Waals surface area contributed by atoms with Crippen LogP contribution in [0.15, 0.2) is 0 Å². The molecule has 0 aromatic carbocycles. The molecule has 2 aliphatic carbocycles. The van der Waals surface area contributed by atoms with Crippen LogP contribution in [0.5, 0.6) is 0 Å². The number of esters is 1. The molecule has 0 heterocycles. The van der Waals surface area contributed by atoms with E-state index in [1.807, 2.05) is 6.92 Å². The van der Waals surface area contributed by atoms with Gasteiger partial charge in [0, 0.05) is 12.1 Å². The van der Waals surface area contributed by atoms with Gasteiger partial charge in [0.2, 0.25) is 0 Å². The monoisotopic (exact) mass is 282 g/mol. The molecule has 2 atom stereocenters. The van der Waals surface area contributed by atoms with Gasteiger partial charge in [-0.1, -0.05) is 13.8 Å². The normalized spacial score (nSPS) is 29.9. The molecule has 2 fully saturated rings. The number of carbonyl (C=O) groups excluding carboxylic acids is 1. The van der Waals surface area contributed by atoms with Gasteiger partial charge in [0.15, 0.2) is 0 Å². The number of rotatable bonds is 8. The third-order valence-corrected chi connectivity index (χ3v) is 4.72. The smallest absolute Gasteiger partial charge is 0.326 e. The molecule has 4 heteroatoms. The van der Waals surface area contributed by atoms with Crippen molar-refractivity contribution < 1.29 is 9.53 Å². The molecule has 0 spiro atoms. The van der Waals surface area contributed by atoms with Gasteiger partial charge in [0.1, 0.15) is 5.54 Å². The second-order valence-corrected chi connectivity index (χ2v) is 6.19. The van der Waals surface area contributed by atoms with Gasteiger partial charge in [0.25, 0.3) is 0 Å². The van der Waals surface area contributed by atoms with E-state index in [1.54, 1.807) is 0 Å². The Morgan fingerprint density at radius 3 is 2.55 bits per heavy atom. The molecule has 0 aromatic rings. The van der Waals surface area contributed by atoms with Crippen molar-refractivity contribution in [2.75, 3.05) is 19.7 Å². The van der Waals surface area contributed by atoms with Crippen molar-refractivity contribution in [1.82, 2.24) is 10.2 Å². The highest BCUT2D eigenvalue weighted by Gasteiger charge is 2.49. The van der Waals surface area contributed by atoms with Crippen LogP contribution in [0.25, 0.3) is 0 Å². The standard InChI is InChI=1S/C16H30N2O2/c1-4-11-17-16(15(19)20-6-3)10-9-14(12-16)18(5-2)13-7-8-13/h13-14,17H,4-12H2,1-3H3. The highest BCUT2D eigenvalue weighted by atomic mass is 16.5. The number of hydrogen-bond donors (Lipinski definition) is 1. The summed E-state index contributed by atoms with van der Waals surface area (Å²) < 4.78 is 5.34. The summed E-state index contributed by atoms with van der Waals surface area (Å²) in [5.74, 6) is -0.0391. The molecule has 2 saturated carbocycles. The van der Waals surface area contributed by atoms with Gasteiger partial charge in [0.05, 0.1) is 6.61 Å². The summed E-state index contributed by atoms with van der Waals surface area (Å²) in [4.78, 5) is 15.0. The zero-order chi connectivity index (χ0) is 14.6. The Hall–Kier alpha value is -0.610. The van der Waals surface area contributed by atoms with E-state index >= 15 is 0 Å². The Morgan fingerprint density at radius 2 is 2.00 bits per heavy atom. The van der Waals surface area contributed by atoms with E-state index in [9.17, 15) is 4.79 Å². The second kappa shape index (κ2) is 6.90. The summed E-state index contributed by atoms with van der Waals surface area (Å²) in [7, 11) is 0. The molecule has 4 nitrogen and oxygen atoms in total. The Morgan fingerprint density at radius 1 is 1.25 bits per heavy atom. The van der Waals surface area contributed by atoms with Crippen LogP contribution in [0.3, 0.4) is 0 Å².